The molecule has 6 heteroatoms. The van der Waals surface area contributed by atoms with Crippen LogP contribution in [0.3, 0.4) is 0 Å². The molecule has 0 amide bonds. The summed E-state index contributed by atoms with van der Waals surface area (Å²) in [5.41, 5.74) is 0.626. The first kappa shape index (κ1) is 10.0. The summed E-state index contributed by atoms with van der Waals surface area (Å²) in [4.78, 5) is 13.8. The minimum absolute atomic E-state index is 0.143. The van der Waals surface area contributed by atoms with E-state index >= 15 is 0 Å². The van der Waals surface area contributed by atoms with Gasteiger partial charge >= 0.3 is 11.9 Å². The monoisotopic (exact) mass is 207 g/mol. The lowest BCUT2D eigenvalue weighted by molar-refractivity contribution is -0.164. The van der Waals surface area contributed by atoms with E-state index in [-0.39, 0.29) is 5.01 Å². The summed E-state index contributed by atoms with van der Waals surface area (Å²) in [6.07, 6.45) is -0.832. The second-order valence-electron chi connectivity index (χ2n) is 2.57. The number of alkyl halides is 2. The van der Waals surface area contributed by atoms with Crippen molar-refractivity contribution >= 4 is 17.3 Å². The predicted octanol–water partition coefficient (Wildman–Crippen LogP) is 1.71. The number of carbonyl (C=O) groups is 1. The van der Waals surface area contributed by atoms with Crippen LogP contribution in [0.15, 0.2) is 5.38 Å². The van der Waals surface area contributed by atoms with Crippen LogP contribution in [0.5, 0.6) is 0 Å². The third-order valence-electron chi connectivity index (χ3n) is 1.35. The van der Waals surface area contributed by atoms with Gasteiger partial charge in [-0.25, -0.2) is 9.78 Å². The minimum atomic E-state index is -3.72. The summed E-state index contributed by atoms with van der Waals surface area (Å²) in [5, 5.41) is 9.88. The van der Waals surface area contributed by atoms with Crippen LogP contribution in [-0.2, 0) is 11.2 Å². The van der Waals surface area contributed by atoms with Crippen molar-refractivity contribution in [1.82, 2.24) is 4.98 Å². The van der Waals surface area contributed by atoms with Crippen LogP contribution in [0.4, 0.5) is 8.78 Å². The van der Waals surface area contributed by atoms with Crippen LogP contribution in [0.25, 0.3) is 0 Å². The molecule has 0 aliphatic rings. The summed E-state index contributed by atoms with van der Waals surface area (Å²) in [6.45, 7) is 1.67. The smallest absolute Gasteiger partial charge is 0.375 e. The fraction of sp³-hybridized carbons (Fsp3) is 0.429. The van der Waals surface area contributed by atoms with Gasteiger partial charge in [0, 0.05) is 11.1 Å². The SMILES string of the molecule is Cc1csc(CC(F)(F)C(=O)O)n1. The maximum atomic E-state index is 12.6. The molecule has 72 valence electrons. The topological polar surface area (TPSA) is 50.2 Å². The number of carboxylic acid groups (broad SMARTS) is 1. The van der Waals surface area contributed by atoms with Crippen molar-refractivity contribution in [3.63, 3.8) is 0 Å². The highest BCUT2D eigenvalue weighted by atomic mass is 32.1. The van der Waals surface area contributed by atoms with Gasteiger partial charge < -0.3 is 5.11 Å². The predicted molar refractivity (Wildman–Crippen MR) is 43.1 cm³/mol. The van der Waals surface area contributed by atoms with E-state index in [9.17, 15) is 13.6 Å². The number of halogens is 2. The number of carboxylic acids is 1. The molecule has 1 N–H and O–H groups in total. The summed E-state index contributed by atoms with van der Waals surface area (Å²) in [7, 11) is 0. The van der Waals surface area contributed by atoms with Gasteiger partial charge in [0.15, 0.2) is 0 Å². The highest BCUT2D eigenvalue weighted by Gasteiger charge is 2.39. The lowest BCUT2D eigenvalue weighted by atomic mass is 10.2. The molecule has 1 rings (SSSR count). The summed E-state index contributed by atoms with van der Waals surface area (Å²) in [6, 6.07) is 0. The standard InChI is InChI=1S/C7H7F2NO2S/c1-4-3-13-5(10-4)2-7(8,9)6(11)12/h3H,2H2,1H3,(H,11,12). The number of rotatable bonds is 3. The summed E-state index contributed by atoms with van der Waals surface area (Å²) in [5.74, 6) is -5.83. The molecule has 3 nitrogen and oxygen atoms in total. The molecular weight excluding hydrogens is 200 g/mol. The molecule has 1 aromatic rings. The Bertz CT molecular complexity index is 324. The van der Waals surface area contributed by atoms with Gasteiger partial charge in [0.25, 0.3) is 0 Å². The Morgan fingerprint density at radius 2 is 2.38 bits per heavy atom. The van der Waals surface area contributed by atoms with Crippen LogP contribution < -0.4 is 0 Å². The second-order valence-corrected chi connectivity index (χ2v) is 3.51. The average Bonchev–Trinajstić information content (AvgIpc) is 2.34. The Kier molecular flexibility index (Phi) is 2.60. The lowest BCUT2D eigenvalue weighted by Crippen LogP contribution is -2.30. The first-order valence-electron chi connectivity index (χ1n) is 3.44. The molecule has 0 unspecified atom stereocenters. The van der Waals surface area contributed by atoms with E-state index in [1.807, 2.05) is 0 Å². The molecule has 0 radical (unpaired) electrons. The van der Waals surface area contributed by atoms with E-state index in [0.717, 1.165) is 11.3 Å². The average molecular weight is 207 g/mol. The van der Waals surface area contributed by atoms with E-state index in [4.69, 9.17) is 5.11 Å². The van der Waals surface area contributed by atoms with Crippen molar-refractivity contribution in [2.75, 3.05) is 0 Å². The van der Waals surface area contributed by atoms with E-state index < -0.39 is 18.3 Å². The summed E-state index contributed by atoms with van der Waals surface area (Å²) < 4.78 is 25.2. The van der Waals surface area contributed by atoms with Gasteiger partial charge in [-0.1, -0.05) is 0 Å². The Morgan fingerprint density at radius 3 is 2.77 bits per heavy atom. The molecule has 0 atom stereocenters. The van der Waals surface area contributed by atoms with E-state index in [1.54, 1.807) is 12.3 Å². The first-order chi connectivity index (χ1) is 5.92. The number of hydrogen-bond acceptors (Lipinski definition) is 3. The fourth-order valence-electron chi connectivity index (χ4n) is 0.749. The largest absolute Gasteiger partial charge is 0.477 e. The van der Waals surface area contributed by atoms with E-state index in [1.165, 1.54) is 0 Å². The van der Waals surface area contributed by atoms with Crippen LogP contribution in [-0.4, -0.2) is 22.0 Å². The van der Waals surface area contributed by atoms with Crippen molar-refractivity contribution < 1.29 is 18.7 Å². The Morgan fingerprint density at radius 1 is 1.77 bits per heavy atom. The second kappa shape index (κ2) is 3.37. The van der Waals surface area contributed by atoms with E-state index in [2.05, 4.69) is 4.98 Å². The van der Waals surface area contributed by atoms with Gasteiger partial charge in [-0.05, 0) is 6.92 Å². The van der Waals surface area contributed by atoms with Crippen molar-refractivity contribution in [2.45, 2.75) is 19.3 Å². The van der Waals surface area contributed by atoms with Gasteiger partial charge in [-0.2, -0.15) is 8.78 Å². The molecule has 0 saturated heterocycles. The lowest BCUT2D eigenvalue weighted by Gasteiger charge is -2.07. The highest BCUT2D eigenvalue weighted by molar-refractivity contribution is 7.09. The fourth-order valence-corrected chi connectivity index (χ4v) is 1.57. The highest BCUT2D eigenvalue weighted by Crippen LogP contribution is 2.22. The Labute approximate surface area is 77.0 Å². The Hall–Kier alpha value is -1.04. The third kappa shape index (κ3) is 2.45. The van der Waals surface area contributed by atoms with Crippen molar-refractivity contribution in [3.05, 3.63) is 16.1 Å². The van der Waals surface area contributed by atoms with Crippen LogP contribution in [0.2, 0.25) is 0 Å². The molecular formula is C7H7F2NO2S. The summed E-state index contributed by atoms with van der Waals surface area (Å²) >= 11 is 1.04. The maximum absolute atomic E-state index is 12.6. The third-order valence-corrected chi connectivity index (χ3v) is 2.32. The molecule has 1 aromatic heterocycles. The van der Waals surface area contributed by atoms with Gasteiger partial charge in [-0.3, -0.25) is 0 Å². The maximum Gasteiger partial charge on any atom is 0.375 e. The number of nitrogens with zero attached hydrogens (tertiary/aromatic N) is 1. The Balaban J connectivity index is 2.74. The molecule has 0 aliphatic heterocycles. The van der Waals surface area contributed by atoms with Gasteiger partial charge in [0.1, 0.15) is 0 Å². The number of thiazole rings is 1. The molecule has 0 fully saturated rings. The number of aromatic nitrogens is 1. The quantitative estimate of drug-likeness (QED) is 0.820. The molecule has 0 bridgehead atoms. The zero-order valence-corrected chi connectivity index (χ0v) is 7.57. The molecule has 0 saturated carbocycles. The van der Waals surface area contributed by atoms with Crippen molar-refractivity contribution in [2.24, 2.45) is 0 Å². The van der Waals surface area contributed by atoms with Gasteiger partial charge in [0.05, 0.1) is 11.4 Å². The van der Waals surface area contributed by atoms with Gasteiger partial charge in [0.2, 0.25) is 0 Å². The zero-order chi connectivity index (χ0) is 10.1. The van der Waals surface area contributed by atoms with Crippen molar-refractivity contribution in [1.29, 1.82) is 0 Å². The molecule has 1 heterocycles. The van der Waals surface area contributed by atoms with Crippen LogP contribution in [0, 0.1) is 6.92 Å². The van der Waals surface area contributed by atoms with Crippen LogP contribution >= 0.6 is 11.3 Å². The molecule has 0 spiro atoms. The first-order valence-corrected chi connectivity index (χ1v) is 4.32. The number of hydrogen-bond donors (Lipinski definition) is 1. The van der Waals surface area contributed by atoms with Crippen LogP contribution in [0.1, 0.15) is 10.7 Å². The molecule has 0 aliphatic carbocycles. The van der Waals surface area contributed by atoms with Gasteiger partial charge in [-0.15, -0.1) is 11.3 Å². The molecule has 13 heavy (non-hydrogen) atoms. The number of aryl methyl sites for hydroxylation is 1. The number of aliphatic carboxylic acids is 1. The molecule has 0 aromatic carbocycles. The normalized spacial score (nSPS) is 11.6. The van der Waals surface area contributed by atoms with E-state index in [0.29, 0.717) is 5.69 Å². The minimum Gasteiger partial charge on any atom is -0.477 e. The zero-order valence-electron chi connectivity index (χ0n) is 6.75. The van der Waals surface area contributed by atoms with Crippen molar-refractivity contribution in [3.8, 4) is 0 Å².